The average Bonchev–Trinajstić information content (AvgIpc) is 2.80. The van der Waals surface area contributed by atoms with Gasteiger partial charge < -0.3 is 4.52 Å². The molecular weight excluding hydrogens is 435 g/mol. The van der Waals surface area contributed by atoms with E-state index in [-0.39, 0.29) is 11.3 Å². The monoisotopic (exact) mass is 448 g/mol. The molecule has 0 radical (unpaired) electrons. The highest BCUT2D eigenvalue weighted by atomic mass is 127. The van der Waals surface area contributed by atoms with Gasteiger partial charge in [0, 0.05) is 19.5 Å². The Morgan fingerprint density at radius 3 is 2.65 bits per heavy atom. The van der Waals surface area contributed by atoms with Gasteiger partial charge >= 0.3 is 0 Å². The summed E-state index contributed by atoms with van der Waals surface area (Å²) in [5.41, 5.74) is 1.28. The van der Waals surface area contributed by atoms with Crippen LogP contribution in [-0.2, 0) is 5.41 Å². The molecule has 0 saturated heterocycles. The number of anilines is 1. The van der Waals surface area contributed by atoms with E-state index in [2.05, 4.69) is 49.0 Å². The van der Waals surface area contributed by atoms with Crippen LogP contribution in [0.15, 0.2) is 33.3 Å². The molecule has 6 heteroatoms. The highest BCUT2D eigenvalue weighted by molar-refractivity contribution is 14.1. The van der Waals surface area contributed by atoms with Crippen LogP contribution in [0.4, 0.5) is 5.88 Å². The predicted molar refractivity (Wildman–Crippen MR) is 90.0 cm³/mol. The molecule has 0 atom stereocenters. The molecule has 0 bridgehead atoms. The van der Waals surface area contributed by atoms with Gasteiger partial charge in [0.1, 0.15) is 0 Å². The number of nitrogens with one attached hydrogen (secondary N) is 1. The Morgan fingerprint density at radius 1 is 1.35 bits per heavy atom. The number of hydrogen-bond donors (Lipinski definition) is 1. The molecule has 1 heterocycles. The molecule has 106 valence electrons. The zero-order chi connectivity index (χ0) is 14.9. The van der Waals surface area contributed by atoms with Gasteiger partial charge in [0.05, 0.1) is 11.3 Å². The second-order valence-corrected chi connectivity index (χ2v) is 7.48. The maximum absolute atomic E-state index is 12.2. The molecule has 0 aliphatic carbocycles. The van der Waals surface area contributed by atoms with Gasteiger partial charge in [-0.1, -0.05) is 41.9 Å². The molecule has 1 N–H and O–H groups in total. The fourth-order valence-corrected chi connectivity index (χ4v) is 2.48. The Hall–Kier alpha value is -0.890. The molecule has 0 saturated carbocycles. The van der Waals surface area contributed by atoms with Gasteiger partial charge in [0.2, 0.25) is 5.88 Å². The topological polar surface area (TPSA) is 55.1 Å². The van der Waals surface area contributed by atoms with E-state index in [1.165, 1.54) is 0 Å². The van der Waals surface area contributed by atoms with Crippen molar-refractivity contribution in [1.82, 2.24) is 5.16 Å². The number of nitrogens with zero attached hydrogens (tertiary/aromatic N) is 1. The van der Waals surface area contributed by atoms with E-state index >= 15 is 0 Å². The van der Waals surface area contributed by atoms with Crippen LogP contribution in [0.3, 0.4) is 0 Å². The number of amides is 1. The molecule has 0 spiro atoms. The number of carbonyl (C=O) groups is 1. The SMILES string of the molecule is CC(C)(C)c1cc(NC(=O)c2cc(Br)ccc2I)on1. The number of benzene rings is 1. The standard InChI is InChI=1S/C14H14BrIN2O2/c1-14(2,3)11-7-12(20-18-11)17-13(19)9-6-8(15)4-5-10(9)16/h4-7H,1-3H3,(H,17,19). The van der Waals surface area contributed by atoms with Gasteiger partial charge in [0.25, 0.3) is 5.91 Å². The fraction of sp³-hybridized carbons (Fsp3) is 0.286. The van der Waals surface area contributed by atoms with Crippen molar-refractivity contribution in [3.63, 3.8) is 0 Å². The summed E-state index contributed by atoms with van der Waals surface area (Å²) in [5.74, 6) is 0.142. The van der Waals surface area contributed by atoms with Crippen LogP contribution in [0, 0.1) is 3.57 Å². The van der Waals surface area contributed by atoms with Crippen LogP contribution in [0.2, 0.25) is 0 Å². The minimum absolute atomic E-state index is 0.114. The van der Waals surface area contributed by atoms with Gasteiger partial charge in [0.15, 0.2) is 0 Å². The van der Waals surface area contributed by atoms with E-state index in [0.29, 0.717) is 11.4 Å². The first kappa shape index (κ1) is 15.5. The maximum Gasteiger partial charge on any atom is 0.259 e. The van der Waals surface area contributed by atoms with E-state index in [4.69, 9.17) is 4.52 Å². The van der Waals surface area contributed by atoms with Crippen molar-refractivity contribution in [2.45, 2.75) is 26.2 Å². The zero-order valence-corrected chi connectivity index (χ0v) is 15.1. The molecule has 0 fully saturated rings. The number of carbonyl (C=O) groups excluding carboxylic acids is 1. The Morgan fingerprint density at radius 2 is 2.05 bits per heavy atom. The highest BCUT2D eigenvalue weighted by Gasteiger charge is 2.20. The van der Waals surface area contributed by atoms with Crippen molar-refractivity contribution < 1.29 is 9.32 Å². The summed E-state index contributed by atoms with van der Waals surface area (Å²) in [4.78, 5) is 12.2. The Balaban J connectivity index is 2.20. The quantitative estimate of drug-likeness (QED) is 0.683. The van der Waals surface area contributed by atoms with Crippen molar-refractivity contribution in [2.24, 2.45) is 0 Å². The van der Waals surface area contributed by atoms with E-state index in [1.54, 1.807) is 12.1 Å². The van der Waals surface area contributed by atoms with Gasteiger partial charge in [-0.15, -0.1) is 0 Å². The summed E-state index contributed by atoms with van der Waals surface area (Å²) in [6, 6.07) is 7.30. The van der Waals surface area contributed by atoms with Gasteiger partial charge in [-0.05, 0) is 40.8 Å². The molecule has 1 aromatic carbocycles. The lowest BCUT2D eigenvalue weighted by Crippen LogP contribution is -2.13. The molecule has 0 aliphatic heterocycles. The first-order valence-corrected chi connectivity index (χ1v) is 7.88. The van der Waals surface area contributed by atoms with Crippen LogP contribution >= 0.6 is 38.5 Å². The third-order valence-electron chi connectivity index (χ3n) is 2.69. The van der Waals surface area contributed by atoms with Crippen LogP contribution < -0.4 is 5.32 Å². The summed E-state index contributed by atoms with van der Waals surface area (Å²) in [5, 5.41) is 6.70. The smallest absolute Gasteiger partial charge is 0.259 e. The summed E-state index contributed by atoms with van der Waals surface area (Å²) in [6.45, 7) is 6.11. The summed E-state index contributed by atoms with van der Waals surface area (Å²) in [7, 11) is 0. The van der Waals surface area contributed by atoms with Crippen molar-refractivity contribution >= 4 is 50.3 Å². The maximum atomic E-state index is 12.2. The number of aromatic nitrogens is 1. The number of halogens is 2. The van der Waals surface area contributed by atoms with Gasteiger partial charge in [-0.3, -0.25) is 10.1 Å². The third kappa shape index (κ3) is 3.60. The minimum Gasteiger partial charge on any atom is -0.338 e. The van der Waals surface area contributed by atoms with E-state index in [9.17, 15) is 4.79 Å². The zero-order valence-electron chi connectivity index (χ0n) is 11.3. The van der Waals surface area contributed by atoms with E-state index in [0.717, 1.165) is 13.7 Å². The first-order valence-electron chi connectivity index (χ1n) is 6.01. The van der Waals surface area contributed by atoms with E-state index < -0.39 is 0 Å². The summed E-state index contributed by atoms with van der Waals surface area (Å²) in [6.07, 6.45) is 0. The number of hydrogen-bond acceptors (Lipinski definition) is 3. The second-order valence-electron chi connectivity index (χ2n) is 5.40. The molecule has 1 amide bonds. The van der Waals surface area contributed by atoms with Crippen LogP contribution in [0.5, 0.6) is 0 Å². The normalized spacial score (nSPS) is 11.4. The largest absolute Gasteiger partial charge is 0.338 e. The highest BCUT2D eigenvalue weighted by Crippen LogP contribution is 2.25. The third-order valence-corrected chi connectivity index (χ3v) is 4.12. The average molecular weight is 449 g/mol. The van der Waals surface area contributed by atoms with E-state index in [1.807, 2.05) is 32.9 Å². The minimum atomic E-state index is -0.215. The molecule has 0 unspecified atom stereocenters. The second kappa shape index (κ2) is 5.85. The summed E-state index contributed by atoms with van der Waals surface area (Å²) >= 11 is 5.49. The molecule has 0 aliphatic rings. The van der Waals surface area contributed by atoms with Crippen molar-refractivity contribution in [2.75, 3.05) is 5.32 Å². The lowest BCUT2D eigenvalue weighted by molar-refractivity contribution is 0.102. The lowest BCUT2D eigenvalue weighted by Gasteiger charge is -2.12. The fourth-order valence-electron chi connectivity index (χ4n) is 1.54. The first-order chi connectivity index (χ1) is 9.27. The van der Waals surface area contributed by atoms with Crippen molar-refractivity contribution in [3.05, 3.63) is 43.6 Å². The predicted octanol–water partition coefficient (Wildman–Crippen LogP) is 4.59. The molecule has 4 nitrogen and oxygen atoms in total. The van der Waals surface area contributed by atoms with Crippen LogP contribution in [0.1, 0.15) is 36.8 Å². The molecule has 2 rings (SSSR count). The Kier molecular flexibility index (Phi) is 4.53. The molecule has 1 aromatic heterocycles. The van der Waals surface area contributed by atoms with Crippen LogP contribution in [0.25, 0.3) is 0 Å². The van der Waals surface area contributed by atoms with Gasteiger partial charge in [-0.25, -0.2) is 0 Å². The summed E-state index contributed by atoms with van der Waals surface area (Å²) < 4.78 is 6.89. The van der Waals surface area contributed by atoms with Crippen molar-refractivity contribution in [1.29, 1.82) is 0 Å². The molecule has 20 heavy (non-hydrogen) atoms. The van der Waals surface area contributed by atoms with Crippen LogP contribution in [-0.4, -0.2) is 11.1 Å². The Labute approximate surface area is 139 Å². The molecule has 2 aromatic rings. The lowest BCUT2D eigenvalue weighted by atomic mass is 9.92. The molecular formula is C14H14BrIN2O2. The number of rotatable bonds is 2. The van der Waals surface area contributed by atoms with Gasteiger partial charge in [-0.2, -0.15) is 0 Å². The Bertz CT molecular complexity index is 647. The van der Waals surface area contributed by atoms with Crippen molar-refractivity contribution in [3.8, 4) is 0 Å².